The molecule has 15 heavy (non-hydrogen) atoms. The number of amides is 1. The second-order valence-corrected chi connectivity index (χ2v) is 5.04. The fourth-order valence-corrected chi connectivity index (χ4v) is 2.99. The van der Waals surface area contributed by atoms with Gasteiger partial charge in [-0.1, -0.05) is 24.9 Å². The van der Waals surface area contributed by atoms with E-state index in [-0.39, 0.29) is 11.8 Å². The average Bonchev–Trinajstić information content (AvgIpc) is 2.67. The molecule has 1 amide bonds. The second-order valence-electron chi connectivity index (χ2n) is 3.49. The van der Waals surface area contributed by atoms with Crippen molar-refractivity contribution in [3.63, 3.8) is 0 Å². The van der Waals surface area contributed by atoms with Gasteiger partial charge in [0.1, 0.15) is 10.9 Å². The van der Waals surface area contributed by atoms with Crippen LogP contribution >= 0.6 is 24.2 Å². The lowest BCUT2D eigenvalue weighted by atomic mass is 10.0. The summed E-state index contributed by atoms with van der Waals surface area (Å²) in [6.07, 6.45) is 0. The van der Waals surface area contributed by atoms with Gasteiger partial charge < -0.3 is 0 Å². The molecule has 0 N–H and O–H groups in total. The van der Waals surface area contributed by atoms with E-state index in [0.29, 0.717) is 6.54 Å². The minimum Gasteiger partial charge on any atom is -0.287 e. The summed E-state index contributed by atoms with van der Waals surface area (Å²) in [7, 11) is 0. The van der Waals surface area contributed by atoms with Crippen molar-refractivity contribution in [2.75, 3.05) is 6.54 Å². The third kappa shape index (κ3) is 1.34. The fraction of sp³-hybridized carbons (Fsp3) is 0.200. The summed E-state index contributed by atoms with van der Waals surface area (Å²) in [4.78, 5) is 15.9. The summed E-state index contributed by atoms with van der Waals surface area (Å²) in [5.74, 6) is -0.0164. The van der Waals surface area contributed by atoms with Gasteiger partial charge in [-0.25, -0.2) is 4.98 Å². The average molecular weight is 236 g/mol. The number of para-hydroxylation sites is 1. The zero-order chi connectivity index (χ0) is 10.4. The predicted molar refractivity (Wildman–Crippen MR) is 63.1 cm³/mol. The molecule has 5 heteroatoms. The van der Waals surface area contributed by atoms with Crippen molar-refractivity contribution >= 4 is 40.3 Å². The third-order valence-corrected chi connectivity index (χ3v) is 4.03. The van der Waals surface area contributed by atoms with Gasteiger partial charge in [0.15, 0.2) is 0 Å². The lowest BCUT2D eigenvalue weighted by Crippen LogP contribution is -2.44. The highest BCUT2D eigenvalue weighted by atomic mass is 32.1. The van der Waals surface area contributed by atoms with Gasteiger partial charge >= 0.3 is 0 Å². The van der Waals surface area contributed by atoms with Crippen LogP contribution in [0.25, 0.3) is 10.2 Å². The molecule has 0 aliphatic carbocycles. The molecular formula is C10H8N2OS2. The summed E-state index contributed by atoms with van der Waals surface area (Å²) < 4.78 is 2.56. The molecular weight excluding hydrogens is 228 g/mol. The number of hydrogen-bond acceptors (Lipinski definition) is 4. The van der Waals surface area contributed by atoms with E-state index < -0.39 is 0 Å². The van der Waals surface area contributed by atoms with E-state index >= 15 is 0 Å². The molecule has 1 aliphatic rings. The van der Waals surface area contributed by atoms with Crippen molar-refractivity contribution in [1.82, 2.24) is 9.29 Å². The molecule has 0 saturated carbocycles. The minimum atomic E-state index is -0.0695. The van der Waals surface area contributed by atoms with Gasteiger partial charge in [-0.3, -0.25) is 9.10 Å². The van der Waals surface area contributed by atoms with Gasteiger partial charge in [-0.15, -0.1) is 11.3 Å². The molecule has 1 unspecified atom stereocenters. The first-order chi connectivity index (χ1) is 7.25. The van der Waals surface area contributed by atoms with Crippen LogP contribution in [0.1, 0.15) is 10.9 Å². The molecule has 0 radical (unpaired) electrons. The van der Waals surface area contributed by atoms with Gasteiger partial charge in [0.2, 0.25) is 5.91 Å². The maximum absolute atomic E-state index is 11.5. The first-order valence-electron chi connectivity index (χ1n) is 4.61. The molecule has 0 spiro atoms. The fourth-order valence-electron chi connectivity index (χ4n) is 1.63. The zero-order valence-corrected chi connectivity index (χ0v) is 9.46. The number of carbonyl (C=O) groups excluding carboxylic acids is 1. The SMILES string of the molecule is O=C1C(c2nc3ccccc3s2)CN1S. The van der Waals surface area contributed by atoms with E-state index in [0.717, 1.165) is 15.2 Å². The van der Waals surface area contributed by atoms with Gasteiger partial charge in [-0.05, 0) is 12.1 Å². The molecule has 1 aromatic carbocycles. The normalized spacial score (nSPS) is 20.7. The molecule has 1 aliphatic heterocycles. The van der Waals surface area contributed by atoms with Gasteiger partial charge in [0.05, 0.1) is 16.8 Å². The van der Waals surface area contributed by atoms with Crippen LogP contribution in [-0.4, -0.2) is 21.7 Å². The summed E-state index contributed by atoms with van der Waals surface area (Å²) in [5, 5.41) is 0.909. The smallest absolute Gasteiger partial charge is 0.244 e. The van der Waals surface area contributed by atoms with Crippen molar-refractivity contribution in [2.45, 2.75) is 5.92 Å². The number of rotatable bonds is 1. The van der Waals surface area contributed by atoms with Crippen LogP contribution in [0.4, 0.5) is 0 Å². The van der Waals surface area contributed by atoms with E-state index in [1.54, 1.807) is 11.3 Å². The van der Waals surface area contributed by atoms with Gasteiger partial charge in [0, 0.05) is 0 Å². The summed E-state index contributed by atoms with van der Waals surface area (Å²) in [6, 6.07) is 7.94. The Morgan fingerprint density at radius 1 is 1.47 bits per heavy atom. The Bertz CT molecular complexity index is 504. The first-order valence-corrected chi connectivity index (χ1v) is 5.83. The maximum Gasteiger partial charge on any atom is 0.244 e. The number of nitrogens with zero attached hydrogens (tertiary/aromatic N) is 2. The number of fused-ring (bicyclic) bond motifs is 1. The van der Waals surface area contributed by atoms with Crippen molar-refractivity contribution in [3.8, 4) is 0 Å². The van der Waals surface area contributed by atoms with Gasteiger partial charge in [-0.2, -0.15) is 0 Å². The molecule has 2 heterocycles. The molecule has 2 aromatic rings. The molecule has 3 nitrogen and oxygen atoms in total. The van der Waals surface area contributed by atoms with Crippen LogP contribution in [0.2, 0.25) is 0 Å². The quantitative estimate of drug-likeness (QED) is 0.607. The molecule has 0 bridgehead atoms. The van der Waals surface area contributed by atoms with Crippen molar-refractivity contribution in [1.29, 1.82) is 0 Å². The number of aromatic nitrogens is 1. The van der Waals surface area contributed by atoms with Crippen molar-refractivity contribution in [2.24, 2.45) is 0 Å². The Labute approximate surface area is 96.3 Å². The topological polar surface area (TPSA) is 33.2 Å². The van der Waals surface area contributed by atoms with Crippen LogP contribution in [-0.2, 0) is 4.79 Å². The molecule has 1 fully saturated rings. The predicted octanol–water partition coefficient (Wildman–Crippen LogP) is 2.07. The summed E-state index contributed by atoms with van der Waals surface area (Å²) >= 11 is 5.61. The van der Waals surface area contributed by atoms with Crippen molar-refractivity contribution < 1.29 is 4.79 Å². The van der Waals surface area contributed by atoms with Crippen LogP contribution < -0.4 is 0 Å². The lowest BCUT2D eigenvalue weighted by Gasteiger charge is -2.32. The minimum absolute atomic E-state index is 0.0531. The van der Waals surface area contributed by atoms with E-state index in [4.69, 9.17) is 0 Å². The lowest BCUT2D eigenvalue weighted by molar-refractivity contribution is -0.134. The maximum atomic E-state index is 11.5. The Kier molecular flexibility index (Phi) is 1.97. The molecule has 76 valence electrons. The van der Waals surface area contributed by atoms with E-state index in [9.17, 15) is 4.79 Å². The molecule has 3 rings (SSSR count). The first kappa shape index (κ1) is 9.18. The molecule has 1 aromatic heterocycles. The Morgan fingerprint density at radius 3 is 2.93 bits per heavy atom. The number of thiol groups is 1. The molecule has 1 atom stereocenters. The highest BCUT2D eigenvalue weighted by Gasteiger charge is 2.38. The van der Waals surface area contributed by atoms with Crippen LogP contribution in [0.15, 0.2) is 24.3 Å². The van der Waals surface area contributed by atoms with Gasteiger partial charge in [0.25, 0.3) is 0 Å². The highest BCUT2D eigenvalue weighted by molar-refractivity contribution is 7.78. The Morgan fingerprint density at radius 2 is 2.27 bits per heavy atom. The highest BCUT2D eigenvalue weighted by Crippen LogP contribution is 2.34. The third-order valence-electron chi connectivity index (χ3n) is 2.52. The standard InChI is InChI=1S/C10H8N2OS2/c13-10-6(5-12(10)14)9-11-7-3-1-2-4-8(7)15-9/h1-4,6,14H,5H2. The van der Waals surface area contributed by atoms with Crippen LogP contribution in [0, 0.1) is 0 Å². The number of benzene rings is 1. The number of thiazole rings is 1. The van der Waals surface area contributed by atoms with E-state index in [2.05, 4.69) is 17.8 Å². The number of hydrogen-bond donors (Lipinski definition) is 1. The number of carbonyl (C=O) groups is 1. The largest absolute Gasteiger partial charge is 0.287 e. The van der Waals surface area contributed by atoms with Crippen molar-refractivity contribution in [3.05, 3.63) is 29.3 Å². The van der Waals surface area contributed by atoms with E-state index in [1.165, 1.54) is 4.31 Å². The second kappa shape index (κ2) is 3.21. The zero-order valence-electron chi connectivity index (χ0n) is 7.75. The molecule has 1 saturated heterocycles. The summed E-state index contributed by atoms with van der Waals surface area (Å²) in [5.41, 5.74) is 0.975. The summed E-state index contributed by atoms with van der Waals surface area (Å²) in [6.45, 7) is 0.668. The van der Waals surface area contributed by atoms with Crippen LogP contribution in [0.3, 0.4) is 0 Å². The van der Waals surface area contributed by atoms with E-state index in [1.807, 2.05) is 24.3 Å². The van der Waals surface area contributed by atoms with Crippen LogP contribution in [0.5, 0.6) is 0 Å². The number of β-lactam (4-membered cyclic amide) rings is 1. The Balaban J connectivity index is 2.02. The monoisotopic (exact) mass is 236 g/mol. The Hall–Kier alpha value is -1.07.